The van der Waals surface area contributed by atoms with E-state index in [2.05, 4.69) is 0 Å². The maximum atomic E-state index is 11.8. The van der Waals surface area contributed by atoms with E-state index in [4.69, 9.17) is 16.0 Å². The van der Waals surface area contributed by atoms with E-state index in [1.54, 1.807) is 4.57 Å². The van der Waals surface area contributed by atoms with Crippen LogP contribution in [0.4, 0.5) is 0 Å². The Hall–Kier alpha value is -2.00. The third-order valence-corrected chi connectivity index (χ3v) is 4.03. The zero-order chi connectivity index (χ0) is 14.8. The van der Waals surface area contributed by atoms with Gasteiger partial charge in [0.05, 0.1) is 10.9 Å². The van der Waals surface area contributed by atoms with E-state index < -0.39 is 0 Å². The van der Waals surface area contributed by atoms with Gasteiger partial charge in [0.1, 0.15) is 0 Å². The summed E-state index contributed by atoms with van der Waals surface area (Å²) in [6.45, 7) is 2.69. The average molecular weight is 302 g/mol. The number of rotatable bonds is 4. The van der Waals surface area contributed by atoms with E-state index in [0.717, 1.165) is 23.1 Å². The van der Waals surface area contributed by atoms with Crippen molar-refractivity contribution in [3.05, 3.63) is 70.2 Å². The molecule has 3 rings (SSSR count). The largest absolute Gasteiger partial charge is 0.419 e. The number of alkyl halides is 1. The molecule has 0 amide bonds. The number of benzene rings is 2. The first-order valence-electron chi connectivity index (χ1n) is 7.03. The van der Waals surface area contributed by atoms with Crippen LogP contribution in [0.15, 0.2) is 57.7 Å². The summed E-state index contributed by atoms with van der Waals surface area (Å²) >= 11 is 6.51. The monoisotopic (exact) mass is 301 g/mol. The maximum Gasteiger partial charge on any atom is 0.419 e. The Morgan fingerprint density at radius 1 is 1.14 bits per heavy atom. The minimum atomic E-state index is -0.310. The molecule has 1 aromatic heterocycles. The van der Waals surface area contributed by atoms with Crippen LogP contribution in [0.2, 0.25) is 0 Å². The first kappa shape index (κ1) is 14.0. The van der Waals surface area contributed by atoms with E-state index in [0.29, 0.717) is 12.1 Å². The SMILES string of the molecule is CCCn1c(=O)oc2cc(C(Cl)c3ccccc3)ccc21. The standard InChI is InChI=1S/C17H16ClNO2/c1-2-10-19-14-9-8-13(11-15(14)21-17(19)20)16(18)12-6-4-3-5-7-12/h3-9,11,16H,2,10H2,1H3. The van der Waals surface area contributed by atoms with Crippen LogP contribution >= 0.6 is 11.6 Å². The molecule has 3 nitrogen and oxygen atoms in total. The minimum absolute atomic E-state index is 0.254. The van der Waals surface area contributed by atoms with Crippen molar-refractivity contribution in [1.82, 2.24) is 4.57 Å². The van der Waals surface area contributed by atoms with E-state index in [1.165, 1.54) is 0 Å². The Balaban J connectivity index is 2.04. The molecule has 4 heteroatoms. The van der Waals surface area contributed by atoms with Crippen LogP contribution < -0.4 is 5.76 Å². The van der Waals surface area contributed by atoms with Gasteiger partial charge in [-0.2, -0.15) is 0 Å². The summed E-state index contributed by atoms with van der Waals surface area (Å²) in [5.74, 6) is -0.310. The van der Waals surface area contributed by atoms with E-state index >= 15 is 0 Å². The molecule has 0 aliphatic heterocycles. The fraction of sp³-hybridized carbons (Fsp3) is 0.235. The lowest BCUT2D eigenvalue weighted by atomic mass is 10.0. The van der Waals surface area contributed by atoms with Gasteiger partial charge < -0.3 is 4.42 Å². The molecule has 0 aliphatic rings. The molecular weight excluding hydrogens is 286 g/mol. The van der Waals surface area contributed by atoms with E-state index in [9.17, 15) is 4.79 Å². The minimum Gasteiger partial charge on any atom is -0.408 e. The van der Waals surface area contributed by atoms with Crippen molar-refractivity contribution >= 4 is 22.7 Å². The molecule has 0 radical (unpaired) electrons. The zero-order valence-corrected chi connectivity index (χ0v) is 12.5. The molecule has 108 valence electrons. The molecule has 0 fully saturated rings. The highest BCUT2D eigenvalue weighted by atomic mass is 35.5. The van der Waals surface area contributed by atoms with Gasteiger partial charge in [0.2, 0.25) is 0 Å². The molecule has 3 aromatic rings. The van der Waals surface area contributed by atoms with Crippen LogP contribution in [0.5, 0.6) is 0 Å². The second-order valence-electron chi connectivity index (χ2n) is 5.02. The van der Waals surface area contributed by atoms with E-state index in [-0.39, 0.29) is 11.1 Å². The van der Waals surface area contributed by atoms with Crippen LogP contribution in [0.3, 0.4) is 0 Å². The molecule has 0 N–H and O–H groups in total. The summed E-state index contributed by atoms with van der Waals surface area (Å²) in [6, 6.07) is 15.6. The highest BCUT2D eigenvalue weighted by Gasteiger charge is 2.14. The molecule has 1 heterocycles. The first-order chi connectivity index (χ1) is 10.2. The molecule has 0 saturated carbocycles. The number of fused-ring (bicyclic) bond motifs is 1. The Labute approximate surface area is 127 Å². The number of halogens is 1. The number of hydrogen-bond donors (Lipinski definition) is 0. The lowest BCUT2D eigenvalue weighted by Crippen LogP contribution is -2.13. The number of aromatic nitrogens is 1. The number of aryl methyl sites for hydroxylation is 1. The predicted molar refractivity (Wildman–Crippen MR) is 84.9 cm³/mol. The second-order valence-corrected chi connectivity index (χ2v) is 5.46. The fourth-order valence-corrected chi connectivity index (χ4v) is 2.77. The first-order valence-corrected chi connectivity index (χ1v) is 7.46. The van der Waals surface area contributed by atoms with Crippen LogP contribution in [0, 0.1) is 0 Å². The molecule has 0 spiro atoms. The Bertz CT molecular complexity index is 805. The van der Waals surface area contributed by atoms with E-state index in [1.807, 2.05) is 55.5 Å². The molecule has 21 heavy (non-hydrogen) atoms. The van der Waals surface area contributed by atoms with Gasteiger partial charge in [-0.15, -0.1) is 11.6 Å². The van der Waals surface area contributed by atoms with Gasteiger partial charge in [0.25, 0.3) is 0 Å². The molecule has 1 atom stereocenters. The van der Waals surface area contributed by atoms with Crippen molar-refractivity contribution in [3.63, 3.8) is 0 Å². The number of nitrogens with zero attached hydrogens (tertiary/aromatic N) is 1. The molecule has 2 aromatic carbocycles. The van der Waals surface area contributed by atoms with Gasteiger partial charge in [0, 0.05) is 6.54 Å². The van der Waals surface area contributed by atoms with Crippen molar-refractivity contribution in [1.29, 1.82) is 0 Å². The van der Waals surface area contributed by atoms with Crippen molar-refractivity contribution < 1.29 is 4.42 Å². The second kappa shape index (κ2) is 5.78. The lowest BCUT2D eigenvalue weighted by molar-refractivity contribution is 0.502. The molecule has 0 saturated heterocycles. The fourth-order valence-electron chi connectivity index (χ4n) is 2.49. The van der Waals surface area contributed by atoms with Crippen LogP contribution in [-0.2, 0) is 6.54 Å². The molecule has 0 bridgehead atoms. The van der Waals surface area contributed by atoms with Crippen molar-refractivity contribution in [3.8, 4) is 0 Å². The number of hydrogen-bond acceptors (Lipinski definition) is 2. The van der Waals surface area contributed by atoms with Crippen LogP contribution in [0.25, 0.3) is 11.1 Å². The Morgan fingerprint density at radius 2 is 1.90 bits per heavy atom. The van der Waals surface area contributed by atoms with Crippen LogP contribution in [-0.4, -0.2) is 4.57 Å². The maximum absolute atomic E-state index is 11.8. The summed E-state index contributed by atoms with van der Waals surface area (Å²) in [5, 5.41) is -0.254. The summed E-state index contributed by atoms with van der Waals surface area (Å²) in [6.07, 6.45) is 0.887. The Kier molecular flexibility index (Phi) is 3.84. The van der Waals surface area contributed by atoms with Gasteiger partial charge in [-0.25, -0.2) is 4.79 Å². The smallest absolute Gasteiger partial charge is 0.408 e. The molecular formula is C17H16ClNO2. The van der Waals surface area contributed by atoms with Crippen molar-refractivity contribution in [2.24, 2.45) is 0 Å². The summed E-state index contributed by atoms with van der Waals surface area (Å²) in [7, 11) is 0. The normalized spacial score (nSPS) is 12.7. The van der Waals surface area contributed by atoms with Gasteiger partial charge in [0.15, 0.2) is 5.58 Å². The predicted octanol–water partition coefficient (Wildman–Crippen LogP) is 4.33. The third kappa shape index (κ3) is 2.61. The average Bonchev–Trinajstić information content (AvgIpc) is 2.83. The summed E-state index contributed by atoms with van der Waals surface area (Å²) in [5.41, 5.74) is 3.36. The summed E-state index contributed by atoms with van der Waals surface area (Å²) < 4.78 is 6.98. The summed E-state index contributed by atoms with van der Waals surface area (Å²) in [4.78, 5) is 11.8. The lowest BCUT2D eigenvalue weighted by Gasteiger charge is -2.10. The molecule has 0 aliphatic carbocycles. The van der Waals surface area contributed by atoms with Gasteiger partial charge in [-0.1, -0.05) is 43.3 Å². The molecule has 1 unspecified atom stereocenters. The van der Waals surface area contributed by atoms with Gasteiger partial charge in [-0.3, -0.25) is 4.57 Å². The highest BCUT2D eigenvalue weighted by molar-refractivity contribution is 6.22. The number of oxazole rings is 1. The van der Waals surface area contributed by atoms with Gasteiger partial charge >= 0.3 is 5.76 Å². The van der Waals surface area contributed by atoms with Crippen molar-refractivity contribution in [2.75, 3.05) is 0 Å². The highest BCUT2D eigenvalue weighted by Crippen LogP contribution is 2.30. The third-order valence-electron chi connectivity index (χ3n) is 3.52. The topological polar surface area (TPSA) is 35.1 Å². The zero-order valence-electron chi connectivity index (χ0n) is 11.8. The quantitative estimate of drug-likeness (QED) is 0.672. The van der Waals surface area contributed by atoms with Gasteiger partial charge in [-0.05, 0) is 29.7 Å². The van der Waals surface area contributed by atoms with Crippen LogP contribution in [0.1, 0.15) is 29.8 Å². The Morgan fingerprint density at radius 3 is 2.62 bits per heavy atom. The van der Waals surface area contributed by atoms with Crippen molar-refractivity contribution in [2.45, 2.75) is 25.3 Å².